The van der Waals surface area contributed by atoms with Gasteiger partial charge in [0.15, 0.2) is 5.78 Å². The average Bonchev–Trinajstić information content (AvgIpc) is 2.60. The van der Waals surface area contributed by atoms with Gasteiger partial charge in [-0.05, 0) is 61.4 Å². The van der Waals surface area contributed by atoms with Gasteiger partial charge in [0.05, 0.1) is 0 Å². The number of carboxylic acid groups (broad SMARTS) is 1. The monoisotopic (exact) mass is 355 g/mol. The van der Waals surface area contributed by atoms with E-state index in [1.54, 1.807) is 62.4 Å². The molecule has 0 unspecified atom stereocenters. The van der Waals surface area contributed by atoms with E-state index in [0.29, 0.717) is 22.6 Å². The topological polar surface area (TPSA) is 92.7 Å². The Morgan fingerprint density at radius 1 is 0.885 bits per heavy atom. The van der Waals surface area contributed by atoms with Gasteiger partial charge in [-0.2, -0.15) is 0 Å². The average molecular weight is 355 g/mol. The molecule has 0 fully saturated rings. The van der Waals surface area contributed by atoms with Crippen molar-refractivity contribution in [1.29, 1.82) is 0 Å². The van der Waals surface area contributed by atoms with Crippen LogP contribution in [0.5, 0.6) is 11.5 Å². The van der Waals surface area contributed by atoms with Gasteiger partial charge < -0.3 is 15.2 Å². The molecule has 6 nitrogen and oxygen atoms in total. The Labute approximate surface area is 151 Å². The van der Waals surface area contributed by atoms with Crippen molar-refractivity contribution >= 4 is 17.7 Å². The van der Waals surface area contributed by atoms with E-state index in [0.717, 1.165) is 0 Å². The van der Waals surface area contributed by atoms with E-state index < -0.39 is 17.9 Å². The minimum atomic E-state index is -1.07. The molecule has 26 heavy (non-hydrogen) atoms. The Hall–Kier alpha value is -3.15. The van der Waals surface area contributed by atoms with Crippen LogP contribution in [0.2, 0.25) is 0 Å². The third kappa shape index (κ3) is 4.92. The first kappa shape index (κ1) is 19.2. The molecule has 0 heterocycles. The van der Waals surface area contributed by atoms with Crippen molar-refractivity contribution in [2.45, 2.75) is 26.8 Å². The number of carbonyl (C=O) groups is 3. The number of hydrogen-bond acceptors (Lipinski definition) is 4. The molecule has 0 radical (unpaired) electrons. The van der Waals surface area contributed by atoms with Crippen molar-refractivity contribution in [3.63, 3.8) is 0 Å². The summed E-state index contributed by atoms with van der Waals surface area (Å²) >= 11 is 0. The fourth-order valence-corrected chi connectivity index (χ4v) is 2.31. The third-order valence-electron chi connectivity index (χ3n) is 3.83. The molecule has 0 spiro atoms. The van der Waals surface area contributed by atoms with E-state index in [-0.39, 0.29) is 11.7 Å². The molecule has 1 atom stereocenters. The lowest BCUT2D eigenvalue weighted by molar-refractivity contribution is -0.140. The number of carboxylic acids is 1. The van der Waals surface area contributed by atoms with Crippen LogP contribution >= 0.6 is 0 Å². The molecule has 0 bridgehead atoms. The lowest BCUT2D eigenvalue weighted by atomic mass is 10.0. The van der Waals surface area contributed by atoms with Crippen LogP contribution in [0.4, 0.5) is 0 Å². The van der Waals surface area contributed by atoms with Gasteiger partial charge in [-0.1, -0.05) is 13.8 Å². The second-order valence-electron chi connectivity index (χ2n) is 6.24. The standard InChI is InChI=1S/C20H21NO5/c1-12(2)18(20(24)25)21-19(23)15-6-10-17(11-7-15)26-16-8-4-14(5-9-16)13(3)22/h4-12,18H,1-3H3,(H,21,23)(H,24,25)/t18-/m0/s1. The minimum absolute atomic E-state index is 0.0204. The van der Waals surface area contributed by atoms with Crippen molar-refractivity contribution in [2.75, 3.05) is 0 Å². The fraction of sp³-hybridized carbons (Fsp3) is 0.250. The highest BCUT2D eigenvalue weighted by Gasteiger charge is 2.23. The quantitative estimate of drug-likeness (QED) is 0.741. The van der Waals surface area contributed by atoms with Crippen molar-refractivity contribution in [3.8, 4) is 11.5 Å². The number of benzene rings is 2. The van der Waals surface area contributed by atoms with Gasteiger partial charge in [0.2, 0.25) is 0 Å². The highest BCUT2D eigenvalue weighted by atomic mass is 16.5. The van der Waals surface area contributed by atoms with Crippen molar-refractivity contribution < 1.29 is 24.2 Å². The molecule has 0 saturated carbocycles. The summed E-state index contributed by atoms with van der Waals surface area (Å²) in [7, 11) is 0. The largest absolute Gasteiger partial charge is 0.480 e. The highest BCUT2D eigenvalue weighted by Crippen LogP contribution is 2.22. The van der Waals surface area contributed by atoms with Gasteiger partial charge >= 0.3 is 5.97 Å². The molecule has 2 rings (SSSR count). The first-order chi connectivity index (χ1) is 12.3. The zero-order valence-corrected chi connectivity index (χ0v) is 14.9. The normalized spacial score (nSPS) is 11.7. The van der Waals surface area contributed by atoms with Gasteiger partial charge in [0, 0.05) is 11.1 Å². The fourth-order valence-electron chi connectivity index (χ4n) is 2.31. The maximum atomic E-state index is 12.2. The maximum absolute atomic E-state index is 12.2. The number of hydrogen-bond donors (Lipinski definition) is 2. The number of ketones is 1. The van der Waals surface area contributed by atoms with Gasteiger partial charge in [0.25, 0.3) is 5.91 Å². The number of amides is 1. The summed E-state index contributed by atoms with van der Waals surface area (Å²) in [6, 6.07) is 12.2. The van der Waals surface area contributed by atoms with Gasteiger partial charge in [-0.3, -0.25) is 9.59 Å². The van der Waals surface area contributed by atoms with Crippen LogP contribution in [0.1, 0.15) is 41.5 Å². The predicted molar refractivity (Wildman–Crippen MR) is 96.7 cm³/mol. The molecule has 1 amide bonds. The van der Waals surface area contributed by atoms with Crippen LogP contribution < -0.4 is 10.1 Å². The zero-order chi connectivity index (χ0) is 19.3. The Kier molecular flexibility index (Phi) is 6.11. The Balaban J connectivity index is 2.04. The second-order valence-corrected chi connectivity index (χ2v) is 6.24. The van der Waals surface area contributed by atoms with E-state index in [1.165, 1.54) is 6.92 Å². The number of rotatable bonds is 7. The second kappa shape index (κ2) is 8.29. The van der Waals surface area contributed by atoms with Crippen LogP contribution in [0, 0.1) is 5.92 Å². The first-order valence-electron chi connectivity index (χ1n) is 8.20. The number of ether oxygens (including phenoxy) is 1. The Morgan fingerprint density at radius 3 is 1.73 bits per heavy atom. The highest BCUT2D eigenvalue weighted by molar-refractivity contribution is 5.96. The van der Waals surface area contributed by atoms with E-state index in [4.69, 9.17) is 9.84 Å². The summed E-state index contributed by atoms with van der Waals surface area (Å²) < 4.78 is 5.67. The molecule has 2 aromatic rings. The SMILES string of the molecule is CC(=O)c1ccc(Oc2ccc(C(=O)N[C@H](C(=O)O)C(C)C)cc2)cc1. The summed E-state index contributed by atoms with van der Waals surface area (Å²) in [5, 5.41) is 11.7. The van der Waals surface area contributed by atoms with Crippen LogP contribution in [-0.2, 0) is 4.79 Å². The first-order valence-corrected chi connectivity index (χ1v) is 8.20. The van der Waals surface area contributed by atoms with Crippen molar-refractivity contribution in [3.05, 3.63) is 59.7 Å². The number of nitrogens with one attached hydrogen (secondary N) is 1. The maximum Gasteiger partial charge on any atom is 0.326 e. The molecule has 0 aromatic heterocycles. The molecule has 2 aromatic carbocycles. The molecule has 6 heteroatoms. The predicted octanol–water partition coefficient (Wildman–Crippen LogP) is 3.52. The molecule has 0 aliphatic rings. The van der Waals surface area contributed by atoms with Gasteiger partial charge in [-0.25, -0.2) is 4.79 Å². The molecular weight excluding hydrogens is 334 g/mol. The summed E-state index contributed by atoms with van der Waals surface area (Å²) in [5.41, 5.74) is 0.943. The molecule has 2 N–H and O–H groups in total. The van der Waals surface area contributed by atoms with E-state index in [2.05, 4.69) is 5.32 Å². The van der Waals surface area contributed by atoms with Crippen LogP contribution in [0.3, 0.4) is 0 Å². The summed E-state index contributed by atoms with van der Waals surface area (Å²) in [4.78, 5) is 34.6. The van der Waals surface area contributed by atoms with E-state index in [1.807, 2.05) is 0 Å². The molecule has 0 aliphatic heterocycles. The number of aliphatic carboxylic acids is 1. The van der Waals surface area contributed by atoms with Crippen LogP contribution in [0.15, 0.2) is 48.5 Å². The van der Waals surface area contributed by atoms with E-state index >= 15 is 0 Å². The summed E-state index contributed by atoms with van der Waals surface area (Å²) in [6.45, 7) is 4.95. The summed E-state index contributed by atoms with van der Waals surface area (Å²) in [6.07, 6.45) is 0. The van der Waals surface area contributed by atoms with Crippen molar-refractivity contribution in [2.24, 2.45) is 5.92 Å². The third-order valence-corrected chi connectivity index (χ3v) is 3.83. The zero-order valence-electron chi connectivity index (χ0n) is 14.9. The lowest BCUT2D eigenvalue weighted by Crippen LogP contribution is -2.44. The Morgan fingerprint density at radius 2 is 1.35 bits per heavy atom. The molecular formula is C20H21NO5. The van der Waals surface area contributed by atoms with E-state index in [9.17, 15) is 14.4 Å². The lowest BCUT2D eigenvalue weighted by Gasteiger charge is -2.18. The smallest absolute Gasteiger partial charge is 0.326 e. The van der Waals surface area contributed by atoms with Crippen LogP contribution in [0.25, 0.3) is 0 Å². The van der Waals surface area contributed by atoms with Gasteiger partial charge in [0.1, 0.15) is 17.5 Å². The van der Waals surface area contributed by atoms with Crippen LogP contribution in [-0.4, -0.2) is 28.8 Å². The molecule has 0 saturated heterocycles. The summed E-state index contributed by atoms with van der Waals surface area (Å²) in [5.74, 6) is -0.676. The van der Waals surface area contributed by atoms with Crippen molar-refractivity contribution in [1.82, 2.24) is 5.32 Å². The minimum Gasteiger partial charge on any atom is -0.480 e. The number of Topliss-reactive ketones (excluding diaryl/α,β-unsaturated/α-hetero) is 1. The number of carbonyl (C=O) groups excluding carboxylic acids is 2. The van der Waals surface area contributed by atoms with Gasteiger partial charge in [-0.15, -0.1) is 0 Å². The molecule has 136 valence electrons. The Bertz CT molecular complexity index is 794. The molecule has 0 aliphatic carbocycles.